The minimum Gasteiger partial charge on any atom is -0.462 e. The van der Waals surface area contributed by atoms with E-state index in [1.54, 1.807) is 11.8 Å². The van der Waals surface area contributed by atoms with E-state index in [2.05, 4.69) is 0 Å². The van der Waals surface area contributed by atoms with E-state index in [-0.39, 0.29) is 29.5 Å². The van der Waals surface area contributed by atoms with Crippen LogP contribution in [0.4, 0.5) is 0 Å². The molecule has 0 bridgehead atoms. The molecule has 1 atom stereocenters. The summed E-state index contributed by atoms with van der Waals surface area (Å²) in [6, 6.07) is 19.4. The molecule has 0 radical (unpaired) electrons. The molecule has 1 aliphatic heterocycles. The number of carbonyl (C=O) groups is 2. The zero-order chi connectivity index (χ0) is 19.4. The molecular weight excluding hydrogens is 358 g/mol. The predicted molar refractivity (Wildman–Crippen MR) is 109 cm³/mol. The molecule has 0 aliphatic carbocycles. The van der Waals surface area contributed by atoms with E-state index in [9.17, 15) is 9.59 Å². The van der Waals surface area contributed by atoms with Crippen LogP contribution in [0.3, 0.4) is 0 Å². The molecule has 3 rings (SSSR count). The number of carbonyl (C=O) groups excluding carboxylic acids is 2. The summed E-state index contributed by atoms with van der Waals surface area (Å²) in [4.78, 5) is 28.5. The van der Waals surface area contributed by atoms with E-state index in [0.29, 0.717) is 4.91 Å². The van der Waals surface area contributed by atoms with Crippen LogP contribution in [0.1, 0.15) is 37.3 Å². The second-order valence-corrected chi connectivity index (χ2v) is 7.57. The summed E-state index contributed by atoms with van der Waals surface area (Å²) in [7, 11) is 0. The van der Waals surface area contributed by atoms with Crippen LogP contribution in [0.5, 0.6) is 0 Å². The van der Waals surface area contributed by atoms with Crippen molar-refractivity contribution in [1.82, 2.24) is 4.90 Å². The van der Waals surface area contributed by atoms with Crippen molar-refractivity contribution < 1.29 is 14.3 Å². The fraction of sp³-hybridized carbons (Fsp3) is 0.273. The first-order chi connectivity index (χ1) is 13.0. The maximum atomic E-state index is 13.4. The van der Waals surface area contributed by atoms with Crippen molar-refractivity contribution in [1.29, 1.82) is 0 Å². The van der Waals surface area contributed by atoms with Gasteiger partial charge in [0.25, 0.3) is 5.91 Å². The standard InChI is InChI=1S/C22H23NO3S/c1-4-26-22(25)18-19(16-11-7-5-8-12-16)27-21(17-13-9-6-10-14-17)23(15(2)3)20(18)24/h5-15,21H,4H2,1-3H3/t21-/m1/s1. The number of ether oxygens (including phenoxy) is 1. The van der Waals surface area contributed by atoms with Gasteiger partial charge >= 0.3 is 5.97 Å². The molecule has 0 N–H and O–H groups in total. The molecule has 1 heterocycles. The van der Waals surface area contributed by atoms with E-state index < -0.39 is 5.97 Å². The SMILES string of the molecule is CCOC(=O)C1=C(c2ccccc2)S[C@H](c2ccccc2)N(C(C)C)C1=O. The smallest absolute Gasteiger partial charge is 0.344 e. The molecule has 2 aromatic rings. The maximum Gasteiger partial charge on any atom is 0.344 e. The number of esters is 1. The normalized spacial score (nSPS) is 17.4. The summed E-state index contributed by atoms with van der Waals surface area (Å²) in [5.41, 5.74) is 2.00. The van der Waals surface area contributed by atoms with Crippen LogP contribution in [-0.2, 0) is 14.3 Å². The molecule has 0 saturated heterocycles. The third kappa shape index (κ3) is 3.93. The largest absolute Gasteiger partial charge is 0.462 e. The van der Waals surface area contributed by atoms with E-state index >= 15 is 0 Å². The molecule has 140 valence electrons. The first kappa shape index (κ1) is 19.2. The van der Waals surface area contributed by atoms with Gasteiger partial charge in [0.15, 0.2) is 0 Å². The van der Waals surface area contributed by atoms with Crippen LogP contribution in [0.2, 0.25) is 0 Å². The lowest BCUT2D eigenvalue weighted by Crippen LogP contribution is -2.44. The molecule has 0 spiro atoms. The molecule has 27 heavy (non-hydrogen) atoms. The second-order valence-electron chi connectivity index (χ2n) is 6.48. The number of benzene rings is 2. The monoisotopic (exact) mass is 381 g/mol. The lowest BCUT2D eigenvalue weighted by molar-refractivity contribution is -0.142. The van der Waals surface area contributed by atoms with Gasteiger partial charge in [-0.3, -0.25) is 4.79 Å². The maximum absolute atomic E-state index is 13.4. The predicted octanol–water partition coefficient (Wildman–Crippen LogP) is 4.64. The summed E-state index contributed by atoms with van der Waals surface area (Å²) >= 11 is 1.52. The zero-order valence-electron chi connectivity index (χ0n) is 15.7. The average molecular weight is 381 g/mol. The van der Waals surface area contributed by atoms with Gasteiger partial charge in [0, 0.05) is 10.9 Å². The summed E-state index contributed by atoms with van der Waals surface area (Å²) < 4.78 is 5.21. The fourth-order valence-corrected chi connectivity index (χ4v) is 4.63. The molecule has 5 heteroatoms. The Kier molecular flexibility index (Phi) is 6.01. The third-order valence-corrected chi connectivity index (χ3v) is 5.71. The average Bonchev–Trinajstić information content (AvgIpc) is 2.68. The molecular formula is C22H23NO3S. The molecule has 0 fully saturated rings. The van der Waals surface area contributed by atoms with E-state index in [4.69, 9.17) is 4.74 Å². The van der Waals surface area contributed by atoms with Crippen LogP contribution in [0, 0.1) is 0 Å². The number of rotatable bonds is 5. The first-order valence-corrected chi connectivity index (χ1v) is 9.93. The molecule has 2 aromatic carbocycles. The Morgan fingerprint density at radius 1 is 1.07 bits per heavy atom. The summed E-state index contributed by atoms with van der Waals surface area (Å²) in [5.74, 6) is -0.846. The van der Waals surface area contributed by atoms with Gasteiger partial charge in [-0.2, -0.15) is 0 Å². The van der Waals surface area contributed by atoms with Gasteiger partial charge in [-0.05, 0) is 31.9 Å². The van der Waals surface area contributed by atoms with Crippen LogP contribution in [-0.4, -0.2) is 29.4 Å². The Morgan fingerprint density at radius 3 is 2.22 bits per heavy atom. The number of hydrogen-bond acceptors (Lipinski definition) is 4. The van der Waals surface area contributed by atoms with Crippen molar-refractivity contribution in [3.63, 3.8) is 0 Å². The van der Waals surface area contributed by atoms with Crippen molar-refractivity contribution in [2.24, 2.45) is 0 Å². The lowest BCUT2D eigenvalue weighted by atomic mass is 10.1. The van der Waals surface area contributed by atoms with Crippen molar-refractivity contribution in [2.75, 3.05) is 6.61 Å². The Bertz CT molecular complexity index is 846. The zero-order valence-corrected chi connectivity index (χ0v) is 16.5. The number of hydrogen-bond donors (Lipinski definition) is 0. The lowest BCUT2D eigenvalue weighted by Gasteiger charge is -2.39. The summed E-state index contributed by atoms with van der Waals surface area (Å²) in [6.45, 7) is 5.90. The molecule has 1 aliphatic rings. The Labute approximate surface area is 164 Å². The van der Waals surface area contributed by atoms with Crippen LogP contribution in [0.15, 0.2) is 66.2 Å². The van der Waals surface area contributed by atoms with Crippen molar-refractivity contribution in [3.8, 4) is 0 Å². The second kappa shape index (κ2) is 8.44. The topological polar surface area (TPSA) is 46.6 Å². The quantitative estimate of drug-likeness (QED) is 0.559. The van der Waals surface area contributed by atoms with Crippen LogP contribution in [0.25, 0.3) is 4.91 Å². The summed E-state index contributed by atoms with van der Waals surface area (Å²) in [5, 5.41) is -0.202. The van der Waals surface area contributed by atoms with Crippen LogP contribution < -0.4 is 0 Å². The van der Waals surface area contributed by atoms with Crippen molar-refractivity contribution in [3.05, 3.63) is 77.4 Å². The highest BCUT2D eigenvalue weighted by atomic mass is 32.2. The van der Waals surface area contributed by atoms with Gasteiger partial charge in [-0.1, -0.05) is 72.4 Å². The molecule has 4 nitrogen and oxygen atoms in total. The Balaban J connectivity index is 2.17. The third-order valence-electron chi connectivity index (χ3n) is 4.31. The number of amides is 1. The van der Waals surface area contributed by atoms with Gasteiger partial charge < -0.3 is 9.64 Å². The molecule has 1 amide bonds. The minimum absolute atomic E-state index is 0.0584. The van der Waals surface area contributed by atoms with Gasteiger partial charge in [0.05, 0.1) is 6.61 Å². The van der Waals surface area contributed by atoms with Crippen molar-refractivity contribution in [2.45, 2.75) is 32.2 Å². The molecule has 0 unspecified atom stereocenters. The van der Waals surface area contributed by atoms with Gasteiger partial charge in [-0.25, -0.2) is 4.79 Å². The molecule has 0 aromatic heterocycles. The number of nitrogens with zero attached hydrogens (tertiary/aromatic N) is 1. The van der Waals surface area contributed by atoms with E-state index in [1.165, 1.54) is 11.8 Å². The first-order valence-electron chi connectivity index (χ1n) is 9.05. The van der Waals surface area contributed by atoms with Gasteiger partial charge in [0.1, 0.15) is 10.9 Å². The highest BCUT2D eigenvalue weighted by Crippen LogP contribution is 2.49. The van der Waals surface area contributed by atoms with E-state index in [1.807, 2.05) is 74.5 Å². The Hall–Kier alpha value is -2.53. The van der Waals surface area contributed by atoms with Crippen LogP contribution >= 0.6 is 11.8 Å². The van der Waals surface area contributed by atoms with E-state index in [0.717, 1.165) is 11.1 Å². The Morgan fingerprint density at radius 2 is 1.67 bits per heavy atom. The molecule has 0 saturated carbocycles. The summed E-state index contributed by atoms with van der Waals surface area (Å²) in [6.07, 6.45) is 0. The fourth-order valence-electron chi connectivity index (χ4n) is 3.10. The van der Waals surface area contributed by atoms with Crippen molar-refractivity contribution >= 4 is 28.5 Å². The van der Waals surface area contributed by atoms with Gasteiger partial charge in [-0.15, -0.1) is 0 Å². The number of thioether (sulfide) groups is 1. The highest BCUT2D eigenvalue weighted by molar-refractivity contribution is 8.08. The van der Waals surface area contributed by atoms with Gasteiger partial charge in [0.2, 0.25) is 0 Å². The highest BCUT2D eigenvalue weighted by Gasteiger charge is 2.41. The minimum atomic E-state index is -0.564.